The van der Waals surface area contributed by atoms with Crippen LogP contribution in [0.5, 0.6) is 5.75 Å². The van der Waals surface area contributed by atoms with Gasteiger partial charge in [0, 0.05) is 0 Å². The van der Waals surface area contributed by atoms with Gasteiger partial charge in [-0.3, -0.25) is 4.79 Å². The Hall–Kier alpha value is -3.15. The van der Waals surface area contributed by atoms with Crippen molar-refractivity contribution in [3.63, 3.8) is 0 Å². The lowest BCUT2D eigenvalue weighted by atomic mass is 10.1. The van der Waals surface area contributed by atoms with Crippen LogP contribution in [0.15, 0.2) is 84.9 Å². The molecular weight excluding hydrogens is 366 g/mol. The van der Waals surface area contributed by atoms with E-state index >= 15 is 0 Å². The molecule has 5 heteroatoms. The monoisotopic (exact) mass is 393 g/mol. The summed E-state index contributed by atoms with van der Waals surface area (Å²) in [6.45, 7) is 1.35. The number of phenolic OH excluding ortho intramolecular Hbond substituents is 1. The van der Waals surface area contributed by atoms with Gasteiger partial charge in [0.25, 0.3) is 0 Å². The molecule has 0 heterocycles. The van der Waals surface area contributed by atoms with E-state index in [0.717, 1.165) is 5.56 Å². The summed E-state index contributed by atoms with van der Waals surface area (Å²) >= 11 is 0. The summed E-state index contributed by atoms with van der Waals surface area (Å²) in [5.74, 6) is -0.238. The molecule has 5 nitrogen and oxygen atoms in total. The van der Waals surface area contributed by atoms with E-state index < -0.39 is 12.0 Å². The number of rotatable bonds is 7. The number of carbonyl (C=O) groups is 1. The van der Waals surface area contributed by atoms with Crippen LogP contribution in [0.4, 0.5) is 0 Å². The molecule has 3 aromatic rings. The van der Waals surface area contributed by atoms with Gasteiger partial charge in [-0.1, -0.05) is 72.8 Å². The Kier molecular flexibility index (Phi) is 9.42. The molecule has 0 aliphatic carbocycles. The van der Waals surface area contributed by atoms with Gasteiger partial charge < -0.3 is 20.3 Å². The molecule has 29 heavy (non-hydrogen) atoms. The van der Waals surface area contributed by atoms with Crippen molar-refractivity contribution < 1.29 is 19.4 Å². The number of methoxy groups -OCH3 is 1. The molecule has 0 bridgehead atoms. The lowest BCUT2D eigenvalue weighted by Crippen LogP contribution is -2.33. The molecule has 0 saturated carbocycles. The number of hydrogen-bond acceptors (Lipinski definition) is 5. The molecule has 0 saturated heterocycles. The lowest BCUT2D eigenvalue weighted by molar-refractivity contribution is -0.142. The largest absolute Gasteiger partial charge is 0.508 e. The number of nitrogens with two attached hydrogens (primary N) is 1. The summed E-state index contributed by atoms with van der Waals surface area (Å²) in [6.07, 6.45) is 0.410. The van der Waals surface area contributed by atoms with Gasteiger partial charge in [-0.25, -0.2) is 0 Å². The average molecular weight is 393 g/mol. The Morgan fingerprint density at radius 2 is 1.31 bits per heavy atom. The number of aromatic hydroxyl groups is 1. The molecule has 0 unspecified atom stereocenters. The predicted molar refractivity (Wildman–Crippen MR) is 113 cm³/mol. The van der Waals surface area contributed by atoms with E-state index in [-0.39, 0.29) is 5.75 Å². The average Bonchev–Trinajstić information content (AvgIpc) is 2.76. The third-order valence-corrected chi connectivity index (χ3v) is 4.12. The van der Waals surface area contributed by atoms with Crippen molar-refractivity contribution in [2.45, 2.75) is 25.7 Å². The molecule has 0 aliphatic rings. The fourth-order valence-electron chi connectivity index (χ4n) is 2.56. The first-order chi connectivity index (χ1) is 14.1. The van der Waals surface area contributed by atoms with Gasteiger partial charge in [0.05, 0.1) is 20.3 Å². The highest BCUT2D eigenvalue weighted by Gasteiger charge is 2.13. The molecule has 0 radical (unpaired) electrons. The van der Waals surface area contributed by atoms with Crippen molar-refractivity contribution in [2.24, 2.45) is 5.73 Å². The standard InChI is InChI=1S/C14H14O.C10H13NO3/c1-3-7-13(8-4-1)11-15-12-14-9-5-2-6-10-14;1-14-10(13)9(11)6-7-2-4-8(12)5-3-7/h1-10H,11-12H2;2-5,9,12H,6,11H2,1H3/t;9-/m.0/s1. The highest BCUT2D eigenvalue weighted by Crippen LogP contribution is 2.11. The first kappa shape index (κ1) is 22.1. The Bertz CT molecular complexity index is 796. The molecule has 0 aliphatic heterocycles. The molecular formula is C24H27NO4. The van der Waals surface area contributed by atoms with E-state index in [4.69, 9.17) is 15.6 Å². The third kappa shape index (κ3) is 8.60. The molecule has 3 N–H and O–H groups in total. The van der Waals surface area contributed by atoms with Gasteiger partial charge in [0.1, 0.15) is 11.8 Å². The normalized spacial score (nSPS) is 11.1. The van der Waals surface area contributed by atoms with E-state index in [9.17, 15) is 4.79 Å². The maximum Gasteiger partial charge on any atom is 0.322 e. The maximum absolute atomic E-state index is 11.0. The number of benzene rings is 3. The van der Waals surface area contributed by atoms with Crippen LogP contribution in [0.25, 0.3) is 0 Å². The second kappa shape index (κ2) is 12.3. The smallest absolute Gasteiger partial charge is 0.322 e. The van der Waals surface area contributed by atoms with Crippen molar-refractivity contribution in [1.82, 2.24) is 0 Å². The summed E-state index contributed by atoms with van der Waals surface area (Å²) in [6, 6.07) is 26.3. The summed E-state index contributed by atoms with van der Waals surface area (Å²) in [5.41, 5.74) is 8.88. The molecule has 152 valence electrons. The summed E-state index contributed by atoms with van der Waals surface area (Å²) in [7, 11) is 1.30. The third-order valence-electron chi connectivity index (χ3n) is 4.12. The van der Waals surface area contributed by atoms with Crippen molar-refractivity contribution in [1.29, 1.82) is 0 Å². The fourth-order valence-corrected chi connectivity index (χ4v) is 2.56. The van der Waals surface area contributed by atoms with Crippen LogP contribution < -0.4 is 5.73 Å². The maximum atomic E-state index is 11.0. The predicted octanol–water partition coefficient (Wildman–Crippen LogP) is 3.84. The molecule has 3 aromatic carbocycles. The van der Waals surface area contributed by atoms with Gasteiger partial charge in [0.15, 0.2) is 0 Å². The van der Waals surface area contributed by atoms with Crippen molar-refractivity contribution in [2.75, 3.05) is 7.11 Å². The molecule has 0 spiro atoms. The first-order valence-corrected chi connectivity index (χ1v) is 9.35. The van der Waals surface area contributed by atoms with E-state index in [1.54, 1.807) is 24.3 Å². The Morgan fingerprint density at radius 1 is 0.828 bits per heavy atom. The molecule has 0 aromatic heterocycles. The summed E-state index contributed by atoms with van der Waals surface area (Å²) < 4.78 is 10.1. The van der Waals surface area contributed by atoms with Crippen LogP contribution in [0.1, 0.15) is 16.7 Å². The minimum atomic E-state index is -0.649. The Labute approximate surface area is 171 Å². The topological polar surface area (TPSA) is 81.8 Å². The van der Waals surface area contributed by atoms with Crippen LogP contribution in [0.2, 0.25) is 0 Å². The second-order valence-electron chi connectivity index (χ2n) is 6.46. The summed E-state index contributed by atoms with van der Waals surface area (Å²) in [5, 5.41) is 9.02. The molecule has 1 atom stereocenters. The van der Waals surface area contributed by atoms with Gasteiger partial charge in [-0.2, -0.15) is 0 Å². The Balaban J connectivity index is 0.000000208. The SMILES string of the molecule is COC(=O)[C@@H](N)Cc1ccc(O)cc1.c1ccc(COCc2ccccc2)cc1. The zero-order valence-corrected chi connectivity index (χ0v) is 16.5. The summed E-state index contributed by atoms with van der Waals surface area (Å²) in [4.78, 5) is 11.0. The zero-order chi connectivity index (χ0) is 20.9. The van der Waals surface area contributed by atoms with Gasteiger partial charge >= 0.3 is 5.97 Å². The van der Waals surface area contributed by atoms with Crippen LogP contribution in [0.3, 0.4) is 0 Å². The van der Waals surface area contributed by atoms with Crippen molar-refractivity contribution in [3.8, 4) is 5.75 Å². The zero-order valence-electron chi connectivity index (χ0n) is 16.5. The lowest BCUT2D eigenvalue weighted by Gasteiger charge is -2.08. The van der Waals surface area contributed by atoms with Gasteiger partial charge in [-0.15, -0.1) is 0 Å². The minimum absolute atomic E-state index is 0.195. The van der Waals surface area contributed by atoms with Crippen molar-refractivity contribution in [3.05, 3.63) is 102 Å². The molecule has 0 fully saturated rings. The van der Waals surface area contributed by atoms with E-state index in [1.165, 1.54) is 18.2 Å². The number of carbonyl (C=O) groups excluding carboxylic acids is 1. The van der Waals surface area contributed by atoms with E-state index in [0.29, 0.717) is 19.6 Å². The first-order valence-electron chi connectivity index (χ1n) is 9.35. The van der Waals surface area contributed by atoms with E-state index in [1.807, 2.05) is 36.4 Å². The number of phenols is 1. The van der Waals surface area contributed by atoms with Crippen LogP contribution in [0, 0.1) is 0 Å². The minimum Gasteiger partial charge on any atom is -0.508 e. The van der Waals surface area contributed by atoms with Crippen LogP contribution in [-0.2, 0) is 33.9 Å². The number of esters is 1. The van der Waals surface area contributed by atoms with Gasteiger partial charge in [-0.05, 0) is 35.2 Å². The quantitative estimate of drug-likeness (QED) is 0.596. The second-order valence-corrected chi connectivity index (χ2v) is 6.46. The highest BCUT2D eigenvalue weighted by molar-refractivity contribution is 5.75. The van der Waals surface area contributed by atoms with Crippen molar-refractivity contribution >= 4 is 5.97 Å². The molecule has 0 amide bonds. The fraction of sp³-hybridized carbons (Fsp3) is 0.208. The Morgan fingerprint density at radius 3 is 1.76 bits per heavy atom. The van der Waals surface area contributed by atoms with E-state index in [2.05, 4.69) is 29.0 Å². The van der Waals surface area contributed by atoms with Crippen LogP contribution in [-0.4, -0.2) is 24.2 Å². The molecule has 3 rings (SSSR count). The van der Waals surface area contributed by atoms with Crippen LogP contribution >= 0.6 is 0 Å². The highest BCUT2D eigenvalue weighted by atomic mass is 16.5. The number of ether oxygens (including phenoxy) is 2. The van der Waals surface area contributed by atoms with Gasteiger partial charge in [0.2, 0.25) is 0 Å². The number of hydrogen-bond donors (Lipinski definition) is 2.